The van der Waals surface area contributed by atoms with Gasteiger partial charge in [-0.15, -0.1) is 0 Å². The standard InChI is InChI=1S/C13H18N2O3/c1-13(2,3)18-12(16)9-7-8-5-6-10(17-4)15-11(8)14-9/h5-6,9H,7H2,1-4H3,(H,14,15). The van der Waals surface area contributed by atoms with Crippen molar-refractivity contribution >= 4 is 11.8 Å². The minimum absolute atomic E-state index is 0.250. The van der Waals surface area contributed by atoms with Crippen LogP contribution in [0.5, 0.6) is 5.88 Å². The van der Waals surface area contributed by atoms with Crippen LogP contribution in [0.3, 0.4) is 0 Å². The number of hydrogen-bond acceptors (Lipinski definition) is 5. The van der Waals surface area contributed by atoms with Crippen LogP contribution in [-0.2, 0) is 16.0 Å². The van der Waals surface area contributed by atoms with Crippen LogP contribution in [-0.4, -0.2) is 29.7 Å². The van der Waals surface area contributed by atoms with Crippen LogP contribution >= 0.6 is 0 Å². The van der Waals surface area contributed by atoms with Crippen molar-refractivity contribution in [3.63, 3.8) is 0 Å². The highest BCUT2D eigenvalue weighted by Crippen LogP contribution is 2.27. The molecule has 2 heterocycles. The number of rotatable bonds is 2. The average molecular weight is 250 g/mol. The fourth-order valence-corrected chi connectivity index (χ4v) is 1.82. The van der Waals surface area contributed by atoms with Gasteiger partial charge in [-0.1, -0.05) is 0 Å². The zero-order valence-electron chi connectivity index (χ0n) is 11.1. The van der Waals surface area contributed by atoms with Gasteiger partial charge in [0.1, 0.15) is 17.5 Å². The number of anilines is 1. The van der Waals surface area contributed by atoms with E-state index in [4.69, 9.17) is 9.47 Å². The van der Waals surface area contributed by atoms with Gasteiger partial charge >= 0.3 is 5.97 Å². The van der Waals surface area contributed by atoms with E-state index in [2.05, 4.69) is 10.3 Å². The zero-order valence-corrected chi connectivity index (χ0v) is 11.1. The van der Waals surface area contributed by atoms with Crippen molar-refractivity contribution in [2.24, 2.45) is 0 Å². The third-order valence-corrected chi connectivity index (χ3v) is 2.59. The number of aromatic nitrogens is 1. The van der Waals surface area contributed by atoms with E-state index < -0.39 is 5.60 Å². The lowest BCUT2D eigenvalue weighted by molar-refractivity contribution is -0.155. The van der Waals surface area contributed by atoms with E-state index in [1.54, 1.807) is 13.2 Å². The fourth-order valence-electron chi connectivity index (χ4n) is 1.82. The predicted octanol–water partition coefficient (Wildman–Crippen LogP) is 1.77. The van der Waals surface area contributed by atoms with Gasteiger partial charge in [0.05, 0.1) is 7.11 Å². The summed E-state index contributed by atoms with van der Waals surface area (Å²) in [5.74, 6) is 0.982. The van der Waals surface area contributed by atoms with E-state index >= 15 is 0 Å². The van der Waals surface area contributed by atoms with Gasteiger partial charge in [0.2, 0.25) is 5.88 Å². The second-order valence-corrected chi connectivity index (χ2v) is 5.30. The molecular formula is C13H18N2O3. The van der Waals surface area contributed by atoms with Gasteiger partial charge in [-0.3, -0.25) is 0 Å². The van der Waals surface area contributed by atoms with E-state index in [1.165, 1.54) is 0 Å². The summed E-state index contributed by atoms with van der Waals surface area (Å²) in [6.07, 6.45) is 0.598. The van der Waals surface area contributed by atoms with Crippen LogP contribution in [0.25, 0.3) is 0 Å². The average Bonchev–Trinajstić information content (AvgIpc) is 2.69. The Morgan fingerprint density at radius 1 is 1.44 bits per heavy atom. The van der Waals surface area contributed by atoms with E-state index in [0.717, 1.165) is 5.56 Å². The number of fused-ring (bicyclic) bond motifs is 1. The van der Waals surface area contributed by atoms with Gasteiger partial charge in [0.25, 0.3) is 0 Å². The summed E-state index contributed by atoms with van der Waals surface area (Å²) in [6.45, 7) is 5.57. The molecular weight excluding hydrogens is 232 g/mol. The lowest BCUT2D eigenvalue weighted by atomic mass is 10.1. The molecule has 2 rings (SSSR count). The molecule has 5 nitrogen and oxygen atoms in total. The molecule has 1 unspecified atom stereocenters. The molecule has 0 radical (unpaired) electrons. The second-order valence-electron chi connectivity index (χ2n) is 5.30. The number of ether oxygens (including phenoxy) is 2. The molecule has 5 heteroatoms. The molecule has 0 saturated heterocycles. The molecule has 18 heavy (non-hydrogen) atoms. The van der Waals surface area contributed by atoms with Crippen molar-refractivity contribution in [3.05, 3.63) is 17.7 Å². The zero-order chi connectivity index (χ0) is 13.3. The SMILES string of the molecule is COc1ccc2c(n1)NC(C(=O)OC(C)(C)C)C2. The number of hydrogen-bond donors (Lipinski definition) is 1. The molecule has 0 spiro atoms. The molecule has 1 aliphatic rings. The van der Waals surface area contributed by atoms with Crippen LogP contribution < -0.4 is 10.1 Å². The van der Waals surface area contributed by atoms with Crippen molar-refractivity contribution in [1.29, 1.82) is 0 Å². The van der Waals surface area contributed by atoms with Crippen molar-refractivity contribution in [2.75, 3.05) is 12.4 Å². The third-order valence-electron chi connectivity index (χ3n) is 2.59. The number of nitrogens with zero attached hydrogens (tertiary/aromatic N) is 1. The van der Waals surface area contributed by atoms with Crippen LogP contribution in [0.2, 0.25) is 0 Å². The Hall–Kier alpha value is -1.78. The number of carbonyl (C=O) groups excluding carboxylic acids is 1. The maximum atomic E-state index is 11.9. The van der Waals surface area contributed by atoms with Gasteiger partial charge in [-0.05, 0) is 32.4 Å². The second kappa shape index (κ2) is 4.48. The minimum Gasteiger partial charge on any atom is -0.481 e. The van der Waals surface area contributed by atoms with Crippen LogP contribution in [0.4, 0.5) is 5.82 Å². The molecule has 98 valence electrons. The lowest BCUT2D eigenvalue weighted by Crippen LogP contribution is -2.35. The van der Waals surface area contributed by atoms with E-state index in [0.29, 0.717) is 18.1 Å². The van der Waals surface area contributed by atoms with Gasteiger partial charge < -0.3 is 14.8 Å². The molecule has 0 amide bonds. The summed E-state index contributed by atoms with van der Waals surface area (Å²) in [6, 6.07) is 3.34. The first kappa shape index (κ1) is 12.7. The Kier molecular flexibility index (Phi) is 3.15. The summed E-state index contributed by atoms with van der Waals surface area (Å²) < 4.78 is 10.4. The first-order valence-electron chi connectivity index (χ1n) is 5.92. The highest BCUT2D eigenvalue weighted by Gasteiger charge is 2.31. The topological polar surface area (TPSA) is 60.5 Å². The van der Waals surface area contributed by atoms with Gasteiger partial charge in [-0.25, -0.2) is 4.79 Å². The van der Waals surface area contributed by atoms with Crippen molar-refractivity contribution in [3.8, 4) is 5.88 Å². The molecule has 1 aliphatic heterocycles. The fraction of sp³-hybridized carbons (Fsp3) is 0.538. The first-order valence-corrected chi connectivity index (χ1v) is 5.92. The van der Waals surface area contributed by atoms with Gasteiger partial charge in [0.15, 0.2) is 0 Å². The van der Waals surface area contributed by atoms with Crippen LogP contribution in [0, 0.1) is 0 Å². The maximum Gasteiger partial charge on any atom is 0.329 e. The predicted molar refractivity (Wildman–Crippen MR) is 67.7 cm³/mol. The molecule has 0 saturated carbocycles. The molecule has 0 aromatic carbocycles. The quantitative estimate of drug-likeness (QED) is 0.810. The molecule has 0 bridgehead atoms. The lowest BCUT2D eigenvalue weighted by Gasteiger charge is -2.22. The molecule has 1 atom stereocenters. The molecule has 0 fully saturated rings. The monoisotopic (exact) mass is 250 g/mol. The number of carbonyl (C=O) groups is 1. The highest BCUT2D eigenvalue weighted by atomic mass is 16.6. The Labute approximate surface area is 107 Å². The van der Waals surface area contributed by atoms with Crippen molar-refractivity contribution in [1.82, 2.24) is 4.98 Å². The molecule has 1 aromatic rings. The van der Waals surface area contributed by atoms with Crippen LogP contribution in [0.15, 0.2) is 12.1 Å². The minimum atomic E-state index is -0.474. The largest absolute Gasteiger partial charge is 0.481 e. The number of nitrogens with one attached hydrogen (secondary N) is 1. The van der Waals surface area contributed by atoms with Gasteiger partial charge in [0, 0.05) is 12.5 Å². The van der Waals surface area contributed by atoms with E-state index in [9.17, 15) is 4.79 Å². The van der Waals surface area contributed by atoms with Crippen LogP contribution in [0.1, 0.15) is 26.3 Å². The first-order chi connectivity index (χ1) is 8.39. The van der Waals surface area contributed by atoms with Crippen molar-refractivity contribution in [2.45, 2.75) is 38.8 Å². The Balaban J connectivity index is 2.08. The smallest absolute Gasteiger partial charge is 0.329 e. The Morgan fingerprint density at radius 3 is 2.78 bits per heavy atom. The number of methoxy groups -OCH3 is 1. The van der Waals surface area contributed by atoms with Gasteiger partial charge in [-0.2, -0.15) is 4.98 Å². The van der Waals surface area contributed by atoms with E-state index in [1.807, 2.05) is 26.8 Å². The van der Waals surface area contributed by atoms with Crippen molar-refractivity contribution < 1.29 is 14.3 Å². The normalized spacial score (nSPS) is 17.9. The summed E-state index contributed by atoms with van der Waals surface area (Å²) in [4.78, 5) is 16.2. The summed E-state index contributed by atoms with van der Waals surface area (Å²) in [7, 11) is 1.56. The molecule has 0 aliphatic carbocycles. The molecule has 1 aromatic heterocycles. The number of esters is 1. The van der Waals surface area contributed by atoms with E-state index in [-0.39, 0.29) is 12.0 Å². The molecule has 1 N–H and O–H groups in total. The summed E-state index contributed by atoms with van der Waals surface area (Å²) >= 11 is 0. The maximum absolute atomic E-state index is 11.9. The summed E-state index contributed by atoms with van der Waals surface area (Å²) in [5, 5.41) is 3.07. The Bertz CT molecular complexity index is 466. The third kappa shape index (κ3) is 2.72. The number of pyridine rings is 1. The summed E-state index contributed by atoms with van der Waals surface area (Å²) in [5.41, 5.74) is 0.533. The highest BCUT2D eigenvalue weighted by molar-refractivity contribution is 5.82. The Morgan fingerprint density at radius 2 is 2.17 bits per heavy atom.